The van der Waals surface area contributed by atoms with E-state index in [-0.39, 0.29) is 23.0 Å². The minimum absolute atomic E-state index is 0.0871. The first-order valence-electron chi connectivity index (χ1n) is 12.4. The van der Waals surface area contributed by atoms with Gasteiger partial charge in [0.25, 0.3) is 0 Å². The molecular formula is C29H36N2O4. The molecule has 6 nitrogen and oxygen atoms in total. The highest BCUT2D eigenvalue weighted by molar-refractivity contribution is 5.71. The predicted octanol–water partition coefficient (Wildman–Crippen LogP) is 5.89. The number of nitrogens with one attached hydrogen (secondary N) is 1. The van der Waals surface area contributed by atoms with Crippen LogP contribution >= 0.6 is 0 Å². The van der Waals surface area contributed by atoms with E-state index < -0.39 is 0 Å². The van der Waals surface area contributed by atoms with Gasteiger partial charge in [0.2, 0.25) is 0 Å². The van der Waals surface area contributed by atoms with Crippen molar-refractivity contribution in [3.63, 3.8) is 0 Å². The second-order valence-electron chi connectivity index (χ2n) is 11.6. The Kier molecular flexibility index (Phi) is 6.14. The van der Waals surface area contributed by atoms with E-state index in [1.807, 2.05) is 12.1 Å². The molecule has 1 N–H and O–H groups in total. The fourth-order valence-electron chi connectivity index (χ4n) is 4.09. The fourth-order valence-corrected chi connectivity index (χ4v) is 4.09. The van der Waals surface area contributed by atoms with Crippen molar-refractivity contribution in [2.24, 2.45) is 0 Å². The van der Waals surface area contributed by atoms with Gasteiger partial charge in [-0.1, -0.05) is 41.5 Å². The van der Waals surface area contributed by atoms with Crippen LogP contribution < -0.4 is 9.47 Å². The lowest BCUT2D eigenvalue weighted by atomic mass is 9.78. The lowest BCUT2D eigenvalue weighted by molar-refractivity contribution is 0.253. The van der Waals surface area contributed by atoms with Crippen LogP contribution in [0.4, 0.5) is 0 Å². The lowest BCUT2D eigenvalue weighted by Gasteiger charge is -2.30. The number of hydrogen-bond donors (Lipinski definition) is 1. The first-order chi connectivity index (χ1) is 16.6. The molecule has 0 aliphatic carbocycles. The zero-order valence-corrected chi connectivity index (χ0v) is 21.6. The summed E-state index contributed by atoms with van der Waals surface area (Å²) in [5.41, 5.74) is 6.23. The van der Waals surface area contributed by atoms with Gasteiger partial charge >= 0.3 is 0 Å². The summed E-state index contributed by atoms with van der Waals surface area (Å²) in [6.45, 7) is 16.2. The Bertz CT molecular complexity index is 1140. The van der Waals surface area contributed by atoms with Gasteiger partial charge in [-0.15, -0.1) is 0 Å². The molecule has 2 atom stereocenters. The van der Waals surface area contributed by atoms with Crippen LogP contribution in [0, 0.1) is 0 Å². The number of aromatic amines is 1. The van der Waals surface area contributed by atoms with Crippen LogP contribution in [0.5, 0.6) is 11.5 Å². The topological polar surface area (TPSA) is 72.2 Å². The molecule has 0 radical (unpaired) electrons. The number of aromatic nitrogens is 2. The van der Waals surface area contributed by atoms with Crippen molar-refractivity contribution >= 4 is 0 Å². The summed E-state index contributed by atoms with van der Waals surface area (Å²) in [4.78, 5) is 0. The highest BCUT2D eigenvalue weighted by Gasteiger charge is 2.31. The van der Waals surface area contributed by atoms with Gasteiger partial charge in [0, 0.05) is 16.7 Å². The summed E-state index contributed by atoms with van der Waals surface area (Å²) < 4.78 is 22.8. The van der Waals surface area contributed by atoms with Crippen LogP contribution in [0.3, 0.4) is 0 Å². The number of nitrogens with zero attached hydrogens (tertiary/aromatic N) is 1. The summed E-state index contributed by atoms with van der Waals surface area (Å²) in [6, 6.07) is 14.7. The molecule has 2 fully saturated rings. The first kappa shape index (κ1) is 23.9. The molecule has 2 aromatic carbocycles. The van der Waals surface area contributed by atoms with Crippen LogP contribution in [-0.4, -0.2) is 48.8 Å². The van der Waals surface area contributed by atoms with Gasteiger partial charge in [0.15, 0.2) is 0 Å². The molecule has 3 heterocycles. The minimum Gasteiger partial charge on any atom is -0.491 e. The second kappa shape index (κ2) is 8.99. The minimum atomic E-state index is -0.0871. The molecule has 2 unspecified atom stereocenters. The van der Waals surface area contributed by atoms with Gasteiger partial charge in [-0.3, -0.25) is 5.10 Å². The Labute approximate surface area is 207 Å². The Balaban J connectivity index is 1.46. The summed E-state index contributed by atoms with van der Waals surface area (Å²) in [7, 11) is 0. The van der Waals surface area contributed by atoms with Gasteiger partial charge in [0.05, 0.1) is 24.6 Å². The van der Waals surface area contributed by atoms with E-state index in [9.17, 15) is 0 Å². The molecule has 0 amide bonds. The lowest BCUT2D eigenvalue weighted by Crippen LogP contribution is -2.21. The smallest absolute Gasteiger partial charge is 0.126 e. The van der Waals surface area contributed by atoms with Gasteiger partial charge in [-0.25, -0.2) is 0 Å². The Hall–Kier alpha value is -2.83. The van der Waals surface area contributed by atoms with E-state index in [2.05, 4.69) is 82.1 Å². The number of rotatable bonds is 8. The molecule has 2 aliphatic heterocycles. The third-order valence-electron chi connectivity index (χ3n) is 6.40. The molecule has 1 aromatic heterocycles. The van der Waals surface area contributed by atoms with E-state index in [4.69, 9.17) is 18.9 Å². The van der Waals surface area contributed by atoms with Crippen molar-refractivity contribution in [2.75, 3.05) is 26.4 Å². The largest absolute Gasteiger partial charge is 0.491 e. The van der Waals surface area contributed by atoms with E-state index in [0.717, 1.165) is 47.2 Å². The zero-order chi connectivity index (χ0) is 24.8. The summed E-state index contributed by atoms with van der Waals surface area (Å²) in [5.74, 6) is 1.83. The molecule has 5 rings (SSSR count). The Morgan fingerprint density at radius 1 is 0.800 bits per heavy atom. The maximum atomic E-state index is 6.39. The number of ether oxygens (including phenoxy) is 4. The zero-order valence-electron chi connectivity index (χ0n) is 21.6. The second-order valence-corrected chi connectivity index (χ2v) is 11.6. The standard InChI is InChI=1S/C29H36N2O4/c1-28(2,3)23-11-19(12-24(29(4,5)6)27(23)35-17-22-16-34-22)26-13-25(30-31-26)18-7-9-20(10-8-18)32-14-21-15-33-21/h7-13,21-22H,14-17H2,1-6H3,(H,30,31). The number of epoxide rings is 2. The summed E-state index contributed by atoms with van der Waals surface area (Å²) in [6.07, 6.45) is 0.461. The van der Waals surface area contributed by atoms with Crippen molar-refractivity contribution in [3.8, 4) is 34.0 Å². The van der Waals surface area contributed by atoms with Gasteiger partial charge in [0.1, 0.15) is 36.9 Å². The molecular weight excluding hydrogens is 440 g/mol. The molecule has 3 aromatic rings. The molecule has 2 saturated heterocycles. The highest BCUT2D eigenvalue weighted by Crippen LogP contribution is 2.43. The third-order valence-corrected chi connectivity index (χ3v) is 6.40. The molecule has 0 spiro atoms. The van der Waals surface area contributed by atoms with Crippen LogP contribution in [0.1, 0.15) is 52.7 Å². The van der Waals surface area contributed by atoms with Crippen molar-refractivity contribution in [3.05, 3.63) is 53.6 Å². The van der Waals surface area contributed by atoms with E-state index in [1.54, 1.807) is 0 Å². The SMILES string of the molecule is CC(C)(C)c1cc(-c2cc(-c3ccc(OCC4CO4)cc3)[nH]n2)cc(C(C)(C)C)c1OCC1CO1. The Morgan fingerprint density at radius 2 is 1.34 bits per heavy atom. The molecule has 186 valence electrons. The summed E-state index contributed by atoms with van der Waals surface area (Å²) in [5, 5.41) is 7.90. The third kappa shape index (κ3) is 5.71. The average molecular weight is 477 g/mol. The number of benzene rings is 2. The quantitative estimate of drug-likeness (QED) is 0.410. The number of H-pyrrole nitrogens is 1. The van der Waals surface area contributed by atoms with Crippen LogP contribution in [0.15, 0.2) is 42.5 Å². The first-order valence-corrected chi connectivity index (χ1v) is 12.4. The highest BCUT2D eigenvalue weighted by atomic mass is 16.6. The molecule has 0 bridgehead atoms. The average Bonchev–Trinajstić information content (AvgIpc) is 3.74. The Morgan fingerprint density at radius 3 is 1.86 bits per heavy atom. The molecule has 0 saturated carbocycles. The monoisotopic (exact) mass is 476 g/mol. The van der Waals surface area contributed by atoms with Gasteiger partial charge < -0.3 is 18.9 Å². The maximum absolute atomic E-state index is 6.39. The van der Waals surface area contributed by atoms with Gasteiger partial charge in [-0.05, 0) is 58.9 Å². The van der Waals surface area contributed by atoms with Crippen molar-refractivity contribution < 1.29 is 18.9 Å². The van der Waals surface area contributed by atoms with Crippen molar-refractivity contribution in [1.82, 2.24) is 10.2 Å². The predicted molar refractivity (Wildman–Crippen MR) is 137 cm³/mol. The molecule has 35 heavy (non-hydrogen) atoms. The molecule has 6 heteroatoms. The van der Waals surface area contributed by atoms with E-state index in [1.165, 1.54) is 11.1 Å². The van der Waals surface area contributed by atoms with Gasteiger partial charge in [-0.2, -0.15) is 5.10 Å². The van der Waals surface area contributed by atoms with Crippen molar-refractivity contribution in [2.45, 2.75) is 64.6 Å². The van der Waals surface area contributed by atoms with E-state index >= 15 is 0 Å². The number of hydrogen-bond acceptors (Lipinski definition) is 5. The van der Waals surface area contributed by atoms with Crippen LogP contribution in [-0.2, 0) is 20.3 Å². The van der Waals surface area contributed by atoms with E-state index in [0.29, 0.717) is 13.2 Å². The maximum Gasteiger partial charge on any atom is 0.126 e. The fraction of sp³-hybridized carbons (Fsp3) is 0.483. The normalized spacial score (nSPS) is 19.5. The van der Waals surface area contributed by atoms with Crippen LogP contribution in [0.25, 0.3) is 22.5 Å². The summed E-state index contributed by atoms with van der Waals surface area (Å²) >= 11 is 0. The molecule has 2 aliphatic rings. The van der Waals surface area contributed by atoms with Crippen molar-refractivity contribution in [1.29, 1.82) is 0 Å². The van der Waals surface area contributed by atoms with Crippen LogP contribution in [0.2, 0.25) is 0 Å².